The molecule has 3 aromatic rings. The average Bonchev–Trinajstić information content (AvgIpc) is 2.65. The Labute approximate surface area is 186 Å². The Morgan fingerprint density at radius 3 is 2.12 bits per heavy atom. The van der Waals surface area contributed by atoms with Gasteiger partial charge in [0.05, 0.1) is 0 Å². The number of hydrogen-bond acceptors (Lipinski definition) is 6. The van der Waals surface area contributed by atoms with Crippen LogP contribution in [0.15, 0.2) is 48.5 Å². The van der Waals surface area contributed by atoms with E-state index in [0.29, 0.717) is 23.0 Å². The smallest absolute Gasteiger partial charge is 0.232 e. The summed E-state index contributed by atoms with van der Waals surface area (Å²) in [5.74, 6) is 0.218. The van der Waals surface area contributed by atoms with Crippen molar-refractivity contribution in [2.24, 2.45) is 0 Å². The summed E-state index contributed by atoms with van der Waals surface area (Å²) in [6.45, 7) is 8.69. The molecule has 3 N–H and O–H groups in total. The third kappa shape index (κ3) is 5.56. The number of anilines is 3. The molecule has 0 radical (unpaired) electrons. The number of nitrogens with one attached hydrogen (secondary N) is 3. The van der Waals surface area contributed by atoms with E-state index in [1.165, 1.54) is 24.3 Å². The van der Waals surface area contributed by atoms with E-state index in [0.717, 1.165) is 12.8 Å². The summed E-state index contributed by atoms with van der Waals surface area (Å²) in [7, 11) is 0. The summed E-state index contributed by atoms with van der Waals surface area (Å²) in [6.07, 6.45) is 1.76. The standard InChI is InChI=1S/C24H28F2N6/c1-23(2)13-19(14-24(3,4)32-23)28-22-30-20(15-7-5-8-16(25)11-15)29-21(31-22)27-18-10-6-9-17(26)12-18/h5-12,19,32H,13-14H2,1-4H3,(H2,27,28,29,30,31). The molecular weight excluding hydrogens is 410 g/mol. The predicted molar refractivity (Wildman–Crippen MR) is 123 cm³/mol. The molecule has 0 atom stereocenters. The van der Waals surface area contributed by atoms with Gasteiger partial charge in [0, 0.05) is 28.4 Å². The van der Waals surface area contributed by atoms with Crippen LogP contribution in [0, 0.1) is 11.6 Å². The Morgan fingerprint density at radius 1 is 0.844 bits per heavy atom. The van der Waals surface area contributed by atoms with Crippen molar-refractivity contribution in [3.8, 4) is 11.4 Å². The molecule has 32 heavy (non-hydrogen) atoms. The lowest BCUT2D eigenvalue weighted by molar-refractivity contribution is 0.170. The van der Waals surface area contributed by atoms with Crippen LogP contribution < -0.4 is 16.0 Å². The van der Waals surface area contributed by atoms with E-state index in [-0.39, 0.29) is 34.7 Å². The lowest BCUT2D eigenvalue weighted by Gasteiger charge is -2.46. The molecule has 1 saturated heterocycles. The molecule has 0 unspecified atom stereocenters. The molecule has 2 aromatic carbocycles. The highest BCUT2D eigenvalue weighted by atomic mass is 19.1. The molecular formula is C24H28F2N6. The molecule has 0 aliphatic carbocycles. The highest BCUT2D eigenvalue weighted by molar-refractivity contribution is 5.61. The van der Waals surface area contributed by atoms with Crippen LogP contribution in [0.2, 0.25) is 0 Å². The summed E-state index contributed by atoms with van der Waals surface area (Å²) in [5, 5.41) is 10.1. The lowest BCUT2D eigenvalue weighted by Crippen LogP contribution is -2.60. The number of nitrogens with zero attached hydrogens (tertiary/aromatic N) is 3. The average molecular weight is 439 g/mol. The van der Waals surface area contributed by atoms with Crippen LogP contribution >= 0.6 is 0 Å². The van der Waals surface area contributed by atoms with E-state index >= 15 is 0 Å². The van der Waals surface area contributed by atoms with Gasteiger partial charge in [0.2, 0.25) is 11.9 Å². The molecule has 1 fully saturated rings. The van der Waals surface area contributed by atoms with Crippen molar-refractivity contribution in [3.63, 3.8) is 0 Å². The SMILES string of the molecule is CC1(C)CC(Nc2nc(Nc3cccc(F)c3)nc(-c3cccc(F)c3)n2)CC(C)(C)N1. The minimum Gasteiger partial charge on any atom is -0.351 e. The van der Waals surface area contributed by atoms with Crippen molar-refractivity contribution >= 4 is 17.6 Å². The first kappa shape index (κ1) is 22.1. The molecule has 1 aliphatic heterocycles. The van der Waals surface area contributed by atoms with Crippen LogP contribution in [0.3, 0.4) is 0 Å². The zero-order valence-corrected chi connectivity index (χ0v) is 18.7. The fraction of sp³-hybridized carbons (Fsp3) is 0.375. The molecule has 0 bridgehead atoms. The topological polar surface area (TPSA) is 74.8 Å². The monoisotopic (exact) mass is 438 g/mol. The summed E-state index contributed by atoms with van der Waals surface area (Å²) in [5.41, 5.74) is 0.932. The van der Waals surface area contributed by atoms with Gasteiger partial charge in [0.1, 0.15) is 11.6 Å². The van der Waals surface area contributed by atoms with Crippen LogP contribution in [0.4, 0.5) is 26.4 Å². The quantitative estimate of drug-likeness (QED) is 0.503. The highest BCUT2D eigenvalue weighted by Gasteiger charge is 2.38. The molecule has 2 heterocycles. The lowest BCUT2D eigenvalue weighted by atomic mass is 9.80. The van der Waals surface area contributed by atoms with Gasteiger partial charge in [-0.3, -0.25) is 0 Å². The van der Waals surface area contributed by atoms with Gasteiger partial charge in [0.25, 0.3) is 0 Å². The molecule has 168 valence electrons. The normalized spacial score (nSPS) is 17.7. The Balaban J connectivity index is 1.68. The second kappa shape index (κ2) is 8.43. The summed E-state index contributed by atoms with van der Waals surface area (Å²) >= 11 is 0. The first-order valence-corrected chi connectivity index (χ1v) is 10.7. The molecule has 4 rings (SSSR count). The largest absolute Gasteiger partial charge is 0.351 e. The Morgan fingerprint density at radius 2 is 1.47 bits per heavy atom. The van der Waals surface area contributed by atoms with E-state index in [1.807, 2.05) is 0 Å². The number of aromatic nitrogens is 3. The third-order valence-electron chi connectivity index (χ3n) is 5.32. The van der Waals surface area contributed by atoms with Gasteiger partial charge in [-0.2, -0.15) is 15.0 Å². The first-order valence-electron chi connectivity index (χ1n) is 10.7. The number of benzene rings is 2. The van der Waals surface area contributed by atoms with Gasteiger partial charge in [0.15, 0.2) is 5.82 Å². The number of halogens is 2. The molecule has 8 heteroatoms. The molecule has 1 aliphatic rings. The molecule has 1 aromatic heterocycles. The van der Waals surface area contributed by atoms with Crippen molar-refractivity contribution in [3.05, 3.63) is 60.2 Å². The van der Waals surface area contributed by atoms with Gasteiger partial charge >= 0.3 is 0 Å². The van der Waals surface area contributed by atoms with E-state index in [9.17, 15) is 8.78 Å². The summed E-state index contributed by atoms with van der Waals surface area (Å²) < 4.78 is 27.5. The number of rotatable bonds is 5. The maximum absolute atomic E-state index is 13.8. The highest BCUT2D eigenvalue weighted by Crippen LogP contribution is 2.30. The van der Waals surface area contributed by atoms with Crippen molar-refractivity contribution in [2.45, 2.75) is 57.7 Å². The van der Waals surface area contributed by atoms with Crippen molar-refractivity contribution in [2.75, 3.05) is 10.6 Å². The molecule has 0 amide bonds. The van der Waals surface area contributed by atoms with Crippen LogP contribution in [0.5, 0.6) is 0 Å². The van der Waals surface area contributed by atoms with E-state index in [4.69, 9.17) is 0 Å². The fourth-order valence-corrected chi connectivity index (χ4v) is 4.56. The predicted octanol–water partition coefficient (Wildman–Crippen LogP) is 5.28. The fourth-order valence-electron chi connectivity index (χ4n) is 4.56. The number of hydrogen-bond donors (Lipinski definition) is 3. The van der Waals surface area contributed by atoms with Gasteiger partial charge < -0.3 is 16.0 Å². The van der Waals surface area contributed by atoms with E-state index in [1.54, 1.807) is 24.3 Å². The minimum atomic E-state index is -0.376. The molecule has 6 nitrogen and oxygen atoms in total. The maximum atomic E-state index is 13.8. The Hall–Kier alpha value is -3.13. The Kier molecular flexibility index (Phi) is 5.81. The second-order valence-electron chi connectivity index (χ2n) is 9.59. The first-order chi connectivity index (χ1) is 15.1. The van der Waals surface area contributed by atoms with E-state index in [2.05, 4.69) is 58.6 Å². The maximum Gasteiger partial charge on any atom is 0.232 e. The van der Waals surface area contributed by atoms with Gasteiger partial charge in [-0.25, -0.2) is 8.78 Å². The third-order valence-corrected chi connectivity index (χ3v) is 5.32. The van der Waals surface area contributed by atoms with Crippen LogP contribution in [0.1, 0.15) is 40.5 Å². The summed E-state index contributed by atoms with van der Waals surface area (Å²) in [4.78, 5) is 13.5. The summed E-state index contributed by atoms with van der Waals surface area (Å²) in [6, 6.07) is 12.3. The van der Waals surface area contributed by atoms with E-state index < -0.39 is 0 Å². The van der Waals surface area contributed by atoms with Crippen LogP contribution in [-0.2, 0) is 0 Å². The number of piperidine rings is 1. The Bertz CT molecular complexity index is 1100. The van der Waals surface area contributed by atoms with Crippen LogP contribution in [0.25, 0.3) is 11.4 Å². The molecule has 0 spiro atoms. The minimum absolute atomic E-state index is 0.0551. The van der Waals surface area contributed by atoms with Crippen LogP contribution in [-0.4, -0.2) is 32.1 Å². The van der Waals surface area contributed by atoms with Crippen molar-refractivity contribution in [1.82, 2.24) is 20.3 Å². The van der Waals surface area contributed by atoms with Gasteiger partial charge in [-0.05, 0) is 70.9 Å². The zero-order chi connectivity index (χ0) is 22.9. The van der Waals surface area contributed by atoms with Gasteiger partial charge in [-0.15, -0.1) is 0 Å². The zero-order valence-electron chi connectivity index (χ0n) is 18.7. The molecule has 0 saturated carbocycles. The van der Waals surface area contributed by atoms with Crippen molar-refractivity contribution < 1.29 is 8.78 Å². The van der Waals surface area contributed by atoms with Gasteiger partial charge in [-0.1, -0.05) is 18.2 Å². The second-order valence-corrected chi connectivity index (χ2v) is 9.59. The van der Waals surface area contributed by atoms with Crippen molar-refractivity contribution in [1.29, 1.82) is 0 Å².